The van der Waals surface area contributed by atoms with Gasteiger partial charge < -0.3 is 15.0 Å². The summed E-state index contributed by atoms with van der Waals surface area (Å²) in [5, 5.41) is 20.7. The molecule has 2 aromatic carbocycles. The molecule has 2 fully saturated rings. The van der Waals surface area contributed by atoms with Gasteiger partial charge in [-0.1, -0.05) is 0 Å². The van der Waals surface area contributed by atoms with E-state index in [1.165, 1.54) is 0 Å². The minimum atomic E-state index is 0.00138. The van der Waals surface area contributed by atoms with Crippen LogP contribution in [0.5, 0.6) is 0 Å². The number of benzene rings is 2. The van der Waals surface area contributed by atoms with Crippen molar-refractivity contribution in [3.63, 3.8) is 0 Å². The van der Waals surface area contributed by atoms with Crippen molar-refractivity contribution < 1.29 is 29.2 Å². The van der Waals surface area contributed by atoms with E-state index in [4.69, 9.17) is 15.2 Å². The number of hydrogen-bond donors (Lipinski definition) is 5. The first-order valence-electron chi connectivity index (χ1n) is 11.8. The number of quaternary nitrogens is 1. The second kappa shape index (κ2) is 12.1. The van der Waals surface area contributed by atoms with E-state index in [0.29, 0.717) is 40.1 Å². The highest BCUT2D eigenvalue weighted by atomic mass is 16.5. The highest BCUT2D eigenvalue weighted by Gasteiger charge is 2.34. The molecule has 190 valence electrons. The Bertz CT molecular complexity index is 967. The Morgan fingerprint density at radius 2 is 1.34 bits per heavy atom. The summed E-state index contributed by atoms with van der Waals surface area (Å²) >= 11 is 0. The number of carbonyl (C=O) groups is 2. The molecule has 2 aliphatic rings. The fraction of sp³-hybridized carbons (Fsp3) is 0.440. The monoisotopic (exact) mass is 486 g/mol. The first-order valence-corrected chi connectivity index (χ1v) is 11.8. The minimum absolute atomic E-state index is 0.00138. The Balaban J connectivity index is 0.000000196. The van der Waals surface area contributed by atoms with Gasteiger partial charge in [0.1, 0.15) is 0 Å². The average Bonchev–Trinajstić information content (AvgIpc) is 2.88. The molecule has 2 amide bonds. The van der Waals surface area contributed by atoms with Crippen LogP contribution in [0, 0.1) is 0 Å². The summed E-state index contributed by atoms with van der Waals surface area (Å²) in [6, 6.07) is 13.6. The van der Waals surface area contributed by atoms with E-state index in [2.05, 4.69) is 10.8 Å². The van der Waals surface area contributed by atoms with Gasteiger partial charge in [-0.3, -0.25) is 30.7 Å². The molecule has 4 rings (SSSR count). The molecule has 2 aliphatic heterocycles. The second-order valence-corrected chi connectivity index (χ2v) is 9.24. The fourth-order valence-electron chi connectivity index (χ4n) is 4.30. The zero-order chi connectivity index (χ0) is 25.4. The maximum atomic E-state index is 12.4. The zero-order valence-corrected chi connectivity index (χ0v) is 20.5. The van der Waals surface area contributed by atoms with Gasteiger partial charge in [0.2, 0.25) is 0 Å². The van der Waals surface area contributed by atoms with Crippen molar-refractivity contribution in [3.8, 4) is 0 Å². The molecule has 35 heavy (non-hydrogen) atoms. The molecular weight excluding hydrogens is 450 g/mol. The maximum absolute atomic E-state index is 12.4. The molecular formula is C25H36N5O5+. The van der Waals surface area contributed by atoms with Crippen molar-refractivity contribution in [1.29, 1.82) is 0 Å². The van der Waals surface area contributed by atoms with Crippen LogP contribution in [0.15, 0.2) is 48.5 Å². The molecule has 2 heterocycles. The Morgan fingerprint density at radius 3 is 1.80 bits per heavy atom. The Labute approximate surface area is 206 Å². The lowest BCUT2D eigenvalue weighted by molar-refractivity contribution is -0.830. The number of hydrogen-bond acceptors (Lipinski definition) is 8. The number of piperazine rings is 1. The van der Waals surface area contributed by atoms with Gasteiger partial charge in [-0.15, -0.1) is 0 Å². The fourth-order valence-corrected chi connectivity index (χ4v) is 4.30. The van der Waals surface area contributed by atoms with E-state index in [9.17, 15) is 9.59 Å². The number of morpholine rings is 1. The van der Waals surface area contributed by atoms with E-state index in [1.807, 2.05) is 26.4 Å². The van der Waals surface area contributed by atoms with Crippen LogP contribution in [-0.2, 0) is 4.74 Å². The lowest BCUT2D eigenvalue weighted by Gasteiger charge is -2.35. The second-order valence-electron chi connectivity index (χ2n) is 9.24. The van der Waals surface area contributed by atoms with Crippen molar-refractivity contribution >= 4 is 23.2 Å². The van der Waals surface area contributed by atoms with Crippen LogP contribution in [0.4, 0.5) is 11.4 Å². The van der Waals surface area contributed by atoms with Crippen LogP contribution in [0.2, 0.25) is 0 Å². The van der Waals surface area contributed by atoms with Crippen LogP contribution in [-0.4, -0.2) is 90.1 Å². The first kappa shape index (κ1) is 26.6. The molecule has 10 heteroatoms. The summed E-state index contributed by atoms with van der Waals surface area (Å²) in [4.78, 5) is 26.5. The Hall–Kier alpha value is -3.02. The van der Waals surface area contributed by atoms with E-state index in [1.54, 1.807) is 53.4 Å². The van der Waals surface area contributed by atoms with Crippen LogP contribution < -0.4 is 16.3 Å². The highest BCUT2D eigenvalue weighted by molar-refractivity contribution is 5.94. The molecule has 2 unspecified atom stereocenters. The van der Waals surface area contributed by atoms with Crippen LogP contribution >= 0.6 is 0 Å². The summed E-state index contributed by atoms with van der Waals surface area (Å²) in [5.74, 6) is 0.137. The van der Waals surface area contributed by atoms with E-state index in [0.717, 1.165) is 26.2 Å². The molecule has 5 N–H and O–H groups in total. The van der Waals surface area contributed by atoms with E-state index < -0.39 is 0 Å². The first-order chi connectivity index (χ1) is 16.8. The van der Waals surface area contributed by atoms with Gasteiger partial charge in [-0.05, 0) is 62.4 Å². The summed E-state index contributed by atoms with van der Waals surface area (Å²) in [6.45, 7) is 8.55. The number of anilines is 2. The van der Waals surface area contributed by atoms with Gasteiger partial charge >= 0.3 is 5.91 Å². The van der Waals surface area contributed by atoms with Crippen molar-refractivity contribution in [2.45, 2.75) is 26.1 Å². The van der Waals surface area contributed by atoms with Gasteiger partial charge in [-0.25, -0.2) is 4.79 Å². The zero-order valence-electron chi connectivity index (χ0n) is 20.5. The predicted octanol–water partition coefficient (Wildman–Crippen LogP) is 2.41. The van der Waals surface area contributed by atoms with Crippen molar-refractivity contribution in [2.75, 3.05) is 57.3 Å². The number of amides is 2. The quantitative estimate of drug-likeness (QED) is 0.330. The minimum Gasteiger partial charge on any atom is -0.372 e. The van der Waals surface area contributed by atoms with Gasteiger partial charge in [0.15, 0.2) is 0 Å². The summed E-state index contributed by atoms with van der Waals surface area (Å²) in [5.41, 5.74) is 6.56. The molecule has 2 atom stereocenters. The number of nitrogens with zero attached hydrogens (tertiary/aromatic N) is 2. The molecule has 2 saturated heterocycles. The van der Waals surface area contributed by atoms with Crippen LogP contribution in [0.1, 0.15) is 34.6 Å². The van der Waals surface area contributed by atoms with Gasteiger partial charge in [-0.2, -0.15) is 0 Å². The van der Waals surface area contributed by atoms with Gasteiger partial charge in [0, 0.05) is 31.7 Å². The third-order valence-corrected chi connectivity index (χ3v) is 6.28. The lowest BCUT2D eigenvalue weighted by atomic mass is 10.1. The highest BCUT2D eigenvalue weighted by Crippen LogP contribution is 2.17. The van der Waals surface area contributed by atoms with Crippen molar-refractivity contribution in [3.05, 3.63) is 59.7 Å². The molecule has 0 spiro atoms. The topological polar surface area (TPSA) is 123 Å². The normalized spacial score (nSPS) is 21.3. The van der Waals surface area contributed by atoms with Crippen molar-refractivity contribution in [2.24, 2.45) is 0 Å². The van der Waals surface area contributed by atoms with E-state index >= 15 is 0 Å². The number of rotatable bonds is 4. The third-order valence-electron chi connectivity index (χ3n) is 6.28. The summed E-state index contributed by atoms with van der Waals surface area (Å²) in [7, 11) is 1.97. The third kappa shape index (κ3) is 7.00. The smallest absolute Gasteiger partial charge is 0.345 e. The largest absolute Gasteiger partial charge is 0.372 e. The molecule has 0 saturated carbocycles. The molecule has 0 radical (unpaired) electrons. The number of nitrogens with one attached hydrogen (secondary N) is 3. The molecule has 0 bridgehead atoms. The van der Waals surface area contributed by atoms with E-state index in [-0.39, 0.29) is 24.0 Å². The molecule has 0 aromatic heterocycles. The van der Waals surface area contributed by atoms with Gasteiger partial charge in [0.25, 0.3) is 5.91 Å². The lowest BCUT2D eigenvalue weighted by Crippen LogP contribution is -2.59. The molecule has 10 nitrogen and oxygen atoms in total. The summed E-state index contributed by atoms with van der Waals surface area (Å²) in [6.07, 6.45) is 0.132. The number of likely N-dealkylation sites (N-methyl/N-ethyl adjacent to an activating group) is 1. The maximum Gasteiger partial charge on any atom is 0.345 e. The SMILES string of the molecule is CC1CN(C(=O)c2ccc(NO)cc2)CC(C)O1.C[N+]1(C(=O)c2ccc(NO)cc2)CCNCC1. The molecule has 0 aliphatic carbocycles. The van der Waals surface area contributed by atoms with Crippen LogP contribution in [0.3, 0.4) is 0 Å². The molecule has 2 aromatic rings. The average molecular weight is 487 g/mol. The Morgan fingerprint density at radius 1 is 0.886 bits per heavy atom. The number of ether oxygens (including phenoxy) is 1. The predicted molar refractivity (Wildman–Crippen MR) is 133 cm³/mol. The van der Waals surface area contributed by atoms with Crippen LogP contribution in [0.25, 0.3) is 0 Å². The summed E-state index contributed by atoms with van der Waals surface area (Å²) < 4.78 is 6.05. The number of carbonyl (C=O) groups excluding carboxylic acids is 2. The van der Waals surface area contributed by atoms with Crippen molar-refractivity contribution in [1.82, 2.24) is 10.2 Å². The Kier molecular flexibility index (Phi) is 9.19. The standard InChI is InChI=1S/C13H18N2O3.C12H17N3O2/c1-9-7-15(8-10(2)18-9)13(16)11-3-5-12(14-17)6-4-11;1-15(8-6-13-7-9-15)12(16)10-2-4-11(14-17)5-3-10/h3-6,9-10,14,17H,7-8H2,1-2H3;2-5,13H,6-9H2,1H3,(H-,14,16,17)/p+1. The van der Waals surface area contributed by atoms with Gasteiger partial charge in [0.05, 0.1) is 49.3 Å².